The Bertz CT molecular complexity index is 734. The van der Waals surface area contributed by atoms with E-state index in [0.717, 1.165) is 5.56 Å². The van der Waals surface area contributed by atoms with E-state index in [4.69, 9.17) is 4.42 Å². The summed E-state index contributed by atoms with van der Waals surface area (Å²) < 4.78 is 28.1. The van der Waals surface area contributed by atoms with Crippen LogP contribution < -0.4 is 5.32 Å². The molecule has 0 radical (unpaired) electrons. The molecule has 21 heavy (non-hydrogen) atoms. The molecule has 2 aromatic rings. The van der Waals surface area contributed by atoms with Gasteiger partial charge in [0.15, 0.2) is 9.84 Å². The van der Waals surface area contributed by atoms with Gasteiger partial charge >= 0.3 is 0 Å². The summed E-state index contributed by atoms with van der Waals surface area (Å²) in [6.45, 7) is 0. The Kier molecular flexibility index (Phi) is 3.81. The Balaban J connectivity index is 1.68. The van der Waals surface area contributed by atoms with Gasteiger partial charge in [0.05, 0.1) is 17.8 Å². The molecule has 0 aliphatic carbocycles. The van der Waals surface area contributed by atoms with Crippen molar-refractivity contribution in [3.8, 4) is 10.6 Å². The number of sulfone groups is 1. The summed E-state index contributed by atoms with van der Waals surface area (Å²) in [5.74, 6) is -0.110. The molecule has 0 bridgehead atoms. The van der Waals surface area contributed by atoms with Crippen molar-refractivity contribution >= 4 is 27.1 Å². The maximum atomic E-state index is 12.1. The van der Waals surface area contributed by atoms with Crippen molar-refractivity contribution in [3.63, 3.8) is 0 Å². The van der Waals surface area contributed by atoms with Crippen LogP contribution in [-0.4, -0.2) is 36.9 Å². The van der Waals surface area contributed by atoms with Crippen LogP contribution in [0, 0.1) is 0 Å². The standard InChI is InChI=1S/C13H14N2O4S2/c16-12(14-10-2-1-5-21(17,18)8-10)11-7-20-13(15-11)9-3-4-19-6-9/h3-4,6-7,10H,1-2,5,8H2,(H,14,16)/t10-/m1/s1. The summed E-state index contributed by atoms with van der Waals surface area (Å²) in [6.07, 6.45) is 4.38. The van der Waals surface area contributed by atoms with Gasteiger partial charge in [0, 0.05) is 17.0 Å². The van der Waals surface area contributed by atoms with Crippen LogP contribution in [0.3, 0.4) is 0 Å². The summed E-state index contributed by atoms with van der Waals surface area (Å²) in [6, 6.07) is 1.45. The molecule has 8 heteroatoms. The van der Waals surface area contributed by atoms with Crippen LogP contribution in [0.4, 0.5) is 0 Å². The maximum Gasteiger partial charge on any atom is 0.271 e. The fourth-order valence-electron chi connectivity index (χ4n) is 2.29. The number of carbonyl (C=O) groups excluding carboxylic acids is 1. The zero-order chi connectivity index (χ0) is 14.9. The molecule has 1 aliphatic rings. The number of amides is 1. The topological polar surface area (TPSA) is 89.3 Å². The van der Waals surface area contributed by atoms with E-state index >= 15 is 0 Å². The third-order valence-electron chi connectivity index (χ3n) is 3.30. The molecule has 1 amide bonds. The Morgan fingerprint density at radius 1 is 1.48 bits per heavy atom. The molecule has 0 aromatic carbocycles. The lowest BCUT2D eigenvalue weighted by molar-refractivity contribution is 0.0934. The largest absolute Gasteiger partial charge is 0.472 e. The SMILES string of the molecule is O=C(N[C@@H]1CCCS(=O)(=O)C1)c1csc(-c2ccoc2)n1. The van der Waals surface area contributed by atoms with Crippen molar-refractivity contribution in [1.82, 2.24) is 10.3 Å². The van der Waals surface area contributed by atoms with Gasteiger partial charge in [-0.15, -0.1) is 11.3 Å². The molecule has 1 fully saturated rings. The first-order chi connectivity index (χ1) is 10.0. The number of aromatic nitrogens is 1. The van der Waals surface area contributed by atoms with E-state index in [1.165, 1.54) is 11.3 Å². The molecule has 1 atom stereocenters. The molecule has 1 aliphatic heterocycles. The van der Waals surface area contributed by atoms with Crippen molar-refractivity contribution in [2.45, 2.75) is 18.9 Å². The van der Waals surface area contributed by atoms with Gasteiger partial charge in [-0.1, -0.05) is 0 Å². The van der Waals surface area contributed by atoms with E-state index in [9.17, 15) is 13.2 Å². The zero-order valence-electron chi connectivity index (χ0n) is 11.1. The lowest BCUT2D eigenvalue weighted by Crippen LogP contribution is -2.43. The average molecular weight is 326 g/mol. The number of hydrogen-bond acceptors (Lipinski definition) is 6. The molecule has 0 unspecified atom stereocenters. The second-order valence-electron chi connectivity index (χ2n) is 4.98. The fraction of sp³-hybridized carbons (Fsp3) is 0.385. The Morgan fingerprint density at radius 2 is 2.33 bits per heavy atom. The molecule has 6 nitrogen and oxygen atoms in total. The third-order valence-corrected chi connectivity index (χ3v) is 6.02. The van der Waals surface area contributed by atoms with Crippen LogP contribution in [0.2, 0.25) is 0 Å². The first-order valence-corrected chi connectivity index (χ1v) is 9.23. The van der Waals surface area contributed by atoms with Crippen LogP contribution in [-0.2, 0) is 9.84 Å². The molecule has 0 spiro atoms. The minimum Gasteiger partial charge on any atom is -0.472 e. The van der Waals surface area contributed by atoms with Crippen molar-refractivity contribution < 1.29 is 17.6 Å². The molecule has 3 heterocycles. The highest BCUT2D eigenvalue weighted by Gasteiger charge is 2.26. The number of carbonyl (C=O) groups is 1. The monoisotopic (exact) mass is 326 g/mol. The molecule has 1 saturated heterocycles. The lowest BCUT2D eigenvalue weighted by Gasteiger charge is -2.22. The van der Waals surface area contributed by atoms with Gasteiger partial charge in [-0.25, -0.2) is 13.4 Å². The third kappa shape index (κ3) is 3.33. The number of furan rings is 1. The minimum atomic E-state index is -3.03. The fourth-order valence-corrected chi connectivity index (χ4v) is 4.72. The normalized spacial score (nSPS) is 21.0. The van der Waals surface area contributed by atoms with Gasteiger partial charge < -0.3 is 9.73 Å². The second-order valence-corrected chi connectivity index (χ2v) is 8.06. The Morgan fingerprint density at radius 3 is 3.05 bits per heavy atom. The van der Waals surface area contributed by atoms with Gasteiger partial charge in [-0.05, 0) is 18.9 Å². The molecular formula is C13H14N2O4S2. The highest BCUT2D eigenvalue weighted by Crippen LogP contribution is 2.24. The highest BCUT2D eigenvalue weighted by molar-refractivity contribution is 7.91. The molecule has 2 aromatic heterocycles. The first kappa shape index (κ1) is 14.3. The van der Waals surface area contributed by atoms with Crippen molar-refractivity contribution in [3.05, 3.63) is 29.7 Å². The summed E-state index contributed by atoms with van der Waals surface area (Å²) in [7, 11) is -3.03. The number of nitrogens with one attached hydrogen (secondary N) is 1. The quantitative estimate of drug-likeness (QED) is 0.927. The summed E-state index contributed by atoms with van der Waals surface area (Å²) >= 11 is 1.35. The van der Waals surface area contributed by atoms with E-state index in [1.54, 1.807) is 24.0 Å². The van der Waals surface area contributed by atoms with Crippen LogP contribution in [0.15, 0.2) is 28.4 Å². The maximum absolute atomic E-state index is 12.1. The van der Waals surface area contributed by atoms with Gasteiger partial charge in [0.2, 0.25) is 0 Å². The number of thiazole rings is 1. The van der Waals surface area contributed by atoms with E-state index in [-0.39, 0.29) is 23.5 Å². The number of hydrogen-bond donors (Lipinski definition) is 1. The van der Waals surface area contributed by atoms with Crippen molar-refractivity contribution in [2.75, 3.05) is 11.5 Å². The van der Waals surface area contributed by atoms with E-state index in [0.29, 0.717) is 23.5 Å². The van der Waals surface area contributed by atoms with E-state index in [1.807, 2.05) is 0 Å². The van der Waals surface area contributed by atoms with Gasteiger partial charge in [0.1, 0.15) is 17.0 Å². The van der Waals surface area contributed by atoms with Crippen molar-refractivity contribution in [2.24, 2.45) is 0 Å². The molecular weight excluding hydrogens is 312 g/mol. The second kappa shape index (κ2) is 5.61. The minimum absolute atomic E-state index is 0.0114. The number of nitrogens with zero attached hydrogens (tertiary/aromatic N) is 1. The van der Waals surface area contributed by atoms with Crippen LogP contribution in [0.5, 0.6) is 0 Å². The molecule has 3 rings (SSSR count). The Hall–Kier alpha value is -1.67. The summed E-state index contributed by atoms with van der Waals surface area (Å²) in [5, 5.41) is 5.11. The smallest absolute Gasteiger partial charge is 0.271 e. The van der Waals surface area contributed by atoms with E-state index in [2.05, 4.69) is 10.3 Å². The Labute approximate surface area is 126 Å². The molecule has 112 valence electrons. The van der Waals surface area contributed by atoms with Crippen molar-refractivity contribution in [1.29, 1.82) is 0 Å². The van der Waals surface area contributed by atoms with Crippen LogP contribution in [0.1, 0.15) is 23.3 Å². The summed E-state index contributed by atoms with van der Waals surface area (Å²) in [5.41, 5.74) is 1.12. The summed E-state index contributed by atoms with van der Waals surface area (Å²) in [4.78, 5) is 16.4. The van der Waals surface area contributed by atoms with E-state index < -0.39 is 9.84 Å². The van der Waals surface area contributed by atoms with Gasteiger partial charge in [-0.3, -0.25) is 4.79 Å². The highest BCUT2D eigenvalue weighted by atomic mass is 32.2. The van der Waals surface area contributed by atoms with Gasteiger partial charge in [-0.2, -0.15) is 0 Å². The molecule has 1 N–H and O–H groups in total. The molecule has 0 saturated carbocycles. The predicted molar refractivity (Wildman–Crippen MR) is 79.0 cm³/mol. The predicted octanol–water partition coefficient (Wildman–Crippen LogP) is 1.71. The van der Waals surface area contributed by atoms with Gasteiger partial charge in [0.25, 0.3) is 5.91 Å². The zero-order valence-corrected chi connectivity index (χ0v) is 12.7. The van der Waals surface area contributed by atoms with Crippen LogP contribution in [0.25, 0.3) is 10.6 Å². The number of rotatable bonds is 3. The average Bonchev–Trinajstić information content (AvgIpc) is 3.09. The lowest BCUT2D eigenvalue weighted by atomic mass is 10.2. The first-order valence-electron chi connectivity index (χ1n) is 6.53. The van der Waals surface area contributed by atoms with Crippen LogP contribution >= 0.6 is 11.3 Å².